The number of likely N-dealkylation sites (N-methyl/N-ethyl adjacent to an activating group) is 1. The van der Waals surface area contributed by atoms with E-state index in [4.69, 9.17) is 0 Å². The Balaban J connectivity index is 2.28. The molecule has 0 aliphatic carbocycles. The SMILES string of the molecule is CNC(Cc1ccc(F)cc1Br)c1ccc(F)cc1F. The summed E-state index contributed by atoms with van der Waals surface area (Å²) in [5.41, 5.74) is 1.22. The molecule has 106 valence electrons. The lowest BCUT2D eigenvalue weighted by Gasteiger charge is -2.18. The van der Waals surface area contributed by atoms with Gasteiger partial charge in [0.2, 0.25) is 0 Å². The summed E-state index contributed by atoms with van der Waals surface area (Å²) in [4.78, 5) is 0. The summed E-state index contributed by atoms with van der Waals surface area (Å²) in [6.45, 7) is 0. The molecule has 20 heavy (non-hydrogen) atoms. The van der Waals surface area contributed by atoms with Crippen LogP contribution >= 0.6 is 15.9 Å². The number of hydrogen-bond donors (Lipinski definition) is 1. The van der Waals surface area contributed by atoms with Gasteiger partial charge in [0, 0.05) is 22.1 Å². The predicted molar refractivity (Wildman–Crippen MR) is 76.0 cm³/mol. The van der Waals surface area contributed by atoms with E-state index in [-0.39, 0.29) is 11.9 Å². The first-order valence-corrected chi connectivity index (χ1v) is 6.86. The Morgan fingerprint density at radius 3 is 2.30 bits per heavy atom. The zero-order valence-corrected chi connectivity index (χ0v) is 12.3. The molecule has 1 unspecified atom stereocenters. The maximum absolute atomic E-state index is 13.8. The van der Waals surface area contributed by atoms with E-state index < -0.39 is 11.6 Å². The second-order valence-corrected chi connectivity index (χ2v) is 5.30. The van der Waals surface area contributed by atoms with Crippen molar-refractivity contribution in [3.8, 4) is 0 Å². The summed E-state index contributed by atoms with van der Waals surface area (Å²) < 4.78 is 40.4. The molecule has 0 heterocycles. The number of halogens is 4. The van der Waals surface area contributed by atoms with Crippen LogP contribution in [0.2, 0.25) is 0 Å². The lowest BCUT2D eigenvalue weighted by atomic mass is 9.98. The highest BCUT2D eigenvalue weighted by atomic mass is 79.9. The molecule has 5 heteroatoms. The smallest absolute Gasteiger partial charge is 0.130 e. The molecular weight excluding hydrogens is 331 g/mol. The fourth-order valence-electron chi connectivity index (χ4n) is 2.06. The largest absolute Gasteiger partial charge is 0.313 e. The van der Waals surface area contributed by atoms with Crippen LogP contribution in [0.3, 0.4) is 0 Å². The lowest BCUT2D eigenvalue weighted by Crippen LogP contribution is -2.20. The Morgan fingerprint density at radius 1 is 1.05 bits per heavy atom. The normalized spacial score (nSPS) is 12.4. The average molecular weight is 344 g/mol. The summed E-state index contributed by atoms with van der Waals surface area (Å²) in [6.07, 6.45) is 0.458. The summed E-state index contributed by atoms with van der Waals surface area (Å²) in [7, 11) is 1.70. The highest BCUT2D eigenvalue weighted by Crippen LogP contribution is 2.26. The molecule has 1 atom stereocenters. The van der Waals surface area contributed by atoms with Crippen LogP contribution in [0.25, 0.3) is 0 Å². The summed E-state index contributed by atoms with van der Waals surface area (Å²) in [6, 6.07) is 7.55. The topological polar surface area (TPSA) is 12.0 Å². The van der Waals surface area contributed by atoms with Crippen LogP contribution in [-0.2, 0) is 6.42 Å². The highest BCUT2D eigenvalue weighted by molar-refractivity contribution is 9.10. The van der Waals surface area contributed by atoms with Crippen molar-refractivity contribution < 1.29 is 13.2 Å². The Morgan fingerprint density at radius 2 is 1.70 bits per heavy atom. The fourth-order valence-corrected chi connectivity index (χ4v) is 2.57. The van der Waals surface area contributed by atoms with Crippen LogP contribution < -0.4 is 5.32 Å². The first-order chi connectivity index (χ1) is 9.51. The van der Waals surface area contributed by atoms with Gasteiger partial charge in [0.05, 0.1) is 0 Å². The molecule has 2 rings (SSSR count). The standard InChI is InChI=1S/C15H13BrF3N/c1-20-15(12-5-4-11(18)8-14(12)19)6-9-2-3-10(17)7-13(9)16/h2-5,7-8,15,20H,6H2,1H3. The van der Waals surface area contributed by atoms with E-state index in [0.717, 1.165) is 11.6 Å². The molecule has 0 aliphatic rings. The van der Waals surface area contributed by atoms with Crippen molar-refractivity contribution >= 4 is 15.9 Å². The zero-order valence-electron chi connectivity index (χ0n) is 10.8. The van der Waals surface area contributed by atoms with Gasteiger partial charge in [-0.1, -0.05) is 28.1 Å². The summed E-state index contributed by atoms with van der Waals surface area (Å²) in [5, 5.41) is 2.99. The first kappa shape index (κ1) is 15.1. The fraction of sp³-hybridized carbons (Fsp3) is 0.200. The lowest BCUT2D eigenvalue weighted by molar-refractivity contribution is 0.520. The molecule has 0 aliphatic heterocycles. The summed E-state index contributed by atoms with van der Waals surface area (Å²) >= 11 is 3.29. The van der Waals surface area contributed by atoms with E-state index in [1.54, 1.807) is 13.1 Å². The molecule has 2 aromatic rings. The van der Waals surface area contributed by atoms with Crippen LogP contribution in [-0.4, -0.2) is 7.05 Å². The van der Waals surface area contributed by atoms with Crippen molar-refractivity contribution in [1.29, 1.82) is 0 Å². The molecule has 0 radical (unpaired) electrons. The average Bonchev–Trinajstić information content (AvgIpc) is 2.39. The van der Waals surface area contributed by atoms with E-state index in [0.29, 0.717) is 16.5 Å². The number of hydrogen-bond acceptors (Lipinski definition) is 1. The van der Waals surface area contributed by atoms with Gasteiger partial charge in [-0.25, -0.2) is 13.2 Å². The second kappa shape index (κ2) is 6.41. The molecule has 1 N–H and O–H groups in total. The second-order valence-electron chi connectivity index (χ2n) is 4.45. The molecule has 0 amide bonds. The molecule has 2 aromatic carbocycles. The maximum Gasteiger partial charge on any atom is 0.130 e. The van der Waals surface area contributed by atoms with Crippen molar-refractivity contribution in [2.75, 3.05) is 7.05 Å². The van der Waals surface area contributed by atoms with Crippen LogP contribution in [0.1, 0.15) is 17.2 Å². The first-order valence-electron chi connectivity index (χ1n) is 6.07. The van der Waals surface area contributed by atoms with Crippen molar-refractivity contribution in [2.45, 2.75) is 12.5 Å². The third kappa shape index (κ3) is 3.41. The van der Waals surface area contributed by atoms with E-state index in [9.17, 15) is 13.2 Å². The van der Waals surface area contributed by atoms with Crippen LogP contribution in [0.4, 0.5) is 13.2 Å². The zero-order chi connectivity index (χ0) is 14.7. The summed E-state index contributed by atoms with van der Waals surface area (Å²) in [5.74, 6) is -1.54. The third-order valence-electron chi connectivity index (χ3n) is 3.13. The Kier molecular flexibility index (Phi) is 4.83. The maximum atomic E-state index is 13.8. The van der Waals surface area contributed by atoms with Gasteiger partial charge in [-0.2, -0.15) is 0 Å². The van der Waals surface area contributed by atoms with Gasteiger partial charge in [-0.3, -0.25) is 0 Å². The molecule has 1 nitrogen and oxygen atoms in total. The van der Waals surface area contributed by atoms with Crippen molar-refractivity contribution in [3.63, 3.8) is 0 Å². The van der Waals surface area contributed by atoms with E-state index in [1.807, 2.05) is 0 Å². The van der Waals surface area contributed by atoms with Gasteiger partial charge in [0.25, 0.3) is 0 Å². The Hall–Kier alpha value is -1.33. The van der Waals surface area contributed by atoms with Crippen molar-refractivity contribution in [3.05, 3.63) is 69.4 Å². The minimum absolute atomic E-state index is 0.322. The van der Waals surface area contributed by atoms with Crippen molar-refractivity contribution in [2.24, 2.45) is 0 Å². The van der Waals surface area contributed by atoms with Crippen molar-refractivity contribution in [1.82, 2.24) is 5.32 Å². The molecule has 0 aromatic heterocycles. The van der Waals surface area contributed by atoms with Gasteiger partial charge in [0.1, 0.15) is 17.5 Å². The van der Waals surface area contributed by atoms with Gasteiger partial charge >= 0.3 is 0 Å². The van der Waals surface area contributed by atoms with E-state index in [2.05, 4.69) is 21.2 Å². The van der Waals surface area contributed by atoms with Crippen LogP contribution in [0, 0.1) is 17.5 Å². The number of benzene rings is 2. The van der Waals surface area contributed by atoms with Crippen LogP contribution in [0.5, 0.6) is 0 Å². The van der Waals surface area contributed by atoms with Gasteiger partial charge in [-0.15, -0.1) is 0 Å². The van der Waals surface area contributed by atoms with Crippen LogP contribution in [0.15, 0.2) is 40.9 Å². The molecule has 0 bridgehead atoms. The highest BCUT2D eigenvalue weighted by Gasteiger charge is 2.16. The monoisotopic (exact) mass is 343 g/mol. The van der Waals surface area contributed by atoms with Gasteiger partial charge < -0.3 is 5.32 Å². The van der Waals surface area contributed by atoms with E-state index >= 15 is 0 Å². The Bertz CT molecular complexity index is 616. The molecule has 0 fully saturated rings. The Labute approximate surface area is 123 Å². The number of rotatable bonds is 4. The predicted octanol–water partition coefficient (Wildman–Crippen LogP) is 4.37. The molecule has 0 saturated carbocycles. The van der Waals surface area contributed by atoms with E-state index in [1.165, 1.54) is 24.3 Å². The molecular formula is C15H13BrF3N. The van der Waals surface area contributed by atoms with Gasteiger partial charge in [-0.05, 0) is 37.2 Å². The quantitative estimate of drug-likeness (QED) is 0.869. The molecule has 0 spiro atoms. The third-order valence-corrected chi connectivity index (χ3v) is 3.86. The molecule has 0 saturated heterocycles. The van der Waals surface area contributed by atoms with Gasteiger partial charge in [0.15, 0.2) is 0 Å². The number of nitrogens with one attached hydrogen (secondary N) is 1. The minimum atomic E-state index is -0.607. The minimum Gasteiger partial charge on any atom is -0.313 e.